The van der Waals surface area contributed by atoms with Crippen molar-refractivity contribution in [2.75, 3.05) is 0 Å². The van der Waals surface area contributed by atoms with Crippen LogP contribution in [-0.2, 0) is 66.0 Å². The molecule has 0 saturated carbocycles. The van der Waals surface area contributed by atoms with Crippen LogP contribution in [0.1, 0.15) is 205 Å². The summed E-state index contributed by atoms with van der Waals surface area (Å²) in [5.41, 5.74) is 17.8. The number of fused-ring (bicyclic) bond motifs is 10. The van der Waals surface area contributed by atoms with E-state index in [1.807, 2.05) is 99.2 Å². The molecule has 0 spiro atoms. The van der Waals surface area contributed by atoms with E-state index in [9.17, 15) is 9.90 Å². The van der Waals surface area contributed by atoms with Crippen molar-refractivity contribution in [2.45, 2.75) is 134 Å². The lowest BCUT2D eigenvalue weighted by Gasteiger charge is -2.48. The number of benzene rings is 3. The molecule has 0 saturated heterocycles. The van der Waals surface area contributed by atoms with Gasteiger partial charge >= 0.3 is 0 Å². The van der Waals surface area contributed by atoms with Gasteiger partial charge in [0, 0.05) is 166 Å². The molecule has 16 rings (SSSR count). The first-order valence-electron chi connectivity index (χ1n) is 51.6. The van der Waals surface area contributed by atoms with Gasteiger partial charge in [-0.3, -0.25) is 15.0 Å². The number of ketones is 1. The van der Waals surface area contributed by atoms with Gasteiger partial charge < -0.3 is 14.4 Å². The van der Waals surface area contributed by atoms with Gasteiger partial charge in [0.1, 0.15) is 5.76 Å². The van der Waals surface area contributed by atoms with E-state index < -0.39 is 5.41 Å². The average molecular weight is 1370 g/mol. The van der Waals surface area contributed by atoms with E-state index in [4.69, 9.17) is 101 Å². The lowest BCUT2D eigenvalue weighted by atomic mass is 9.56. The molecule has 0 bridgehead atoms. The third kappa shape index (κ3) is 11.6. The topological polar surface area (TPSA) is 188 Å². The Hall–Kier alpha value is -10.5. The normalized spacial score (nSPS) is 25.6. The molecule has 3 aromatic carbocycles. The zero-order chi connectivity index (χ0) is 102. The van der Waals surface area contributed by atoms with Crippen LogP contribution in [0.3, 0.4) is 0 Å². The highest BCUT2D eigenvalue weighted by atomic mass is 16.5. The number of carbonyl (C=O) groups excluding carboxylic acids is 1. The standard InChI is InChI=1S/2C27H26N4O.C27H24N4O.18H2/c1-17-22-9-8-21-23(14-18-6-4-3-5-7-18)30-26(19-10-12-28-13-11-19)31-25(21)27(22,2)15-20-16-29-32-24(17)20;2*1-17-21-10-9-20-22(15-18-7-5-4-6-8-18)30-26(19-11-13-29-14-12-19)31-25(20)27(21,2)16-23(28-3)24(17)32;;;;;;;;;;;;;;;;;;/h3-7,10-13,16-17,22H,8-9,14-15H2,1-2H3;4-8,11-14,17,21,32H,9-10,15-16H2,1-2H3;4-8,11-14,16-17,21H,9-10,15H2,1-2H3;18*1H/t17-,22-,27-;2*17-,21-,27-;;;;;;;;;;;;;;;;;;/m111................../s1/i;;;18*1+2T. The fourth-order valence-corrected chi connectivity index (χ4v) is 17.0. The molecule has 514 valence electrons. The van der Waals surface area contributed by atoms with Crippen molar-refractivity contribution in [3.05, 3.63) is 296 Å². The second-order valence-electron chi connectivity index (χ2n) is 27.6. The number of aliphatic hydroxyl groups excluding tert-OH is 1. The van der Waals surface area contributed by atoms with Crippen LogP contribution in [0.25, 0.3) is 43.9 Å². The highest BCUT2D eigenvalue weighted by molar-refractivity contribution is 6.00. The summed E-state index contributed by atoms with van der Waals surface area (Å²) in [5.74, 6) is 4.36. The number of hydrogen-bond acceptors (Lipinski definition) is 13. The fraction of sp³-hybridized carbons (Fsp3) is 0.321. The van der Waals surface area contributed by atoms with Gasteiger partial charge in [0.2, 0.25) is 11.4 Å². The number of carbonyl (C=O) groups is 1. The largest absolute Gasteiger partial charge is 0.523 e. The van der Waals surface area contributed by atoms with Crippen molar-refractivity contribution in [3.63, 3.8) is 0 Å². The van der Waals surface area contributed by atoms with Gasteiger partial charge in [-0.05, 0) is 139 Å². The van der Waals surface area contributed by atoms with E-state index in [1.54, 1.807) is 24.8 Å². The third-order valence-electron chi connectivity index (χ3n) is 21.9. The number of hydrogen-bond donors (Lipinski definition) is 1. The average Bonchev–Trinajstić information content (AvgIpc) is 1.21. The van der Waals surface area contributed by atoms with Crippen LogP contribution in [0.5, 0.6) is 0 Å². The predicted molar refractivity (Wildman–Crippen MR) is 407 cm³/mol. The van der Waals surface area contributed by atoms with E-state index in [0.29, 0.717) is 35.6 Å². The van der Waals surface area contributed by atoms with E-state index in [-0.39, 0.29) is 51.7 Å². The fourth-order valence-electron chi connectivity index (χ4n) is 17.0. The number of allylic oxidation sites excluding steroid dienone is 4. The Bertz CT molecular complexity index is 4820. The third-order valence-corrected chi connectivity index (χ3v) is 21.9. The maximum atomic E-state index is 12.7. The van der Waals surface area contributed by atoms with Crippen LogP contribution >= 0.6 is 0 Å². The molecule has 7 aromatic heterocycles. The van der Waals surface area contributed by atoms with Crippen molar-refractivity contribution in [2.24, 2.45) is 29.6 Å². The minimum absolute atomic E-state index is 0.0427. The van der Waals surface area contributed by atoms with Crippen LogP contribution in [0, 0.1) is 42.7 Å². The molecule has 0 amide bonds. The smallest absolute Gasteiger partial charge is 0.226 e. The first-order chi connectivity index (χ1) is 64.6. The maximum absolute atomic E-state index is 12.7. The van der Waals surface area contributed by atoms with Gasteiger partial charge in [0.25, 0.3) is 0 Å². The number of aliphatic hydroxyl groups is 1. The quantitative estimate of drug-likeness (QED) is 0.135. The Morgan fingerprint density at radius 2 is 0.927 bits per heavy atom. The zero-order valence-electron chi connectivity index (χ0n) is 91.1. The summed E-state index contributed by atoms with van der Waals surface area (Å²) in [6.07, 6.45) is 23.8. The summed E-state index contributed by atoms with van der Waals surface area (Å²) in [4.78, 5) is 63.0. The molecule has 0 radical (unpaired) electrons. The van der Waals surface area contributed by atoms with Gasteiger partial charge in [-0.15, -0.1) is 0 Å². The van der Waals surface area contributed by atoms with E-state index >= 15 is 0 Å². The minimum Gasteiger partial charge on any atom is -0.523 e. The van der Waals surface area contributed by atoms with Crippen molar-refractivity contribution in [1.29, 1.82) is 0 Å². The lowest BCUT2D eigenvalue weighted by molar-refractivity contribution is -0.121. The molecule has 0 fully saturated rings. The highest BCUT2D eigenvalue weighted by Gasteiger charge is 2.53. The molecule has 96 heavy (non-hydrogen) atoms. The first-order valence-corrected chi connectivity index (χ1v) is 33.6. The summed E-state index contributed by atoms with van der Waals surface area (Å²) in [6, 6.07) is 43.1. The molecule has 9 atom stereocenters. The second kappa shape index (κ2) is 26.0. The van der Waals surface area contributed by atoms with Crippen LogP contribution in [0.15, 0.2) is 199 Å². The number of Topliss-reactive ketones (excluding diaryl/α,β-unsaturated/α-hetero) is 1. The van der Waals surface area contributed by atoms with Crippen molar-refractivity contribution >= 4 is 5.78 Å². The minimum atomic E-state index is -0.475. The van der Waals surface area contributed by atoms with Crippen molar-refractivity contribution in [3.8, 4) is 34.2 Å². The summed E-state index contributed by atoms with van der Waals surface area (Å²) in [6.45, 7) is 28.2. The monoisotopic (exact) mass is 1370 g/mol. The zero-order valence-corrected chi connectivity index (χ0v) is 55.1. The molecule has 15 nitrogen and oxygen atoms in total. The van der Waals surface area contributed by atoms with Gasteiger partial charge in [-0.25, -0.2) is 39.6 Å². The van der Waals surface area contributed by atoms with Gasteiger partial charge in [-0.2, -0.15) is 0 Å². The number of nitrogens with zero attached hydrogens (tertiary/aromatic N) is 12. The Labute approximate surface area is 616 Å². The van der Waals surface area contributed by atoms with Crippen LogP contribution < -0.4 is 0 Å². The molecule has 1 N–H and O–H groups in total. The lowest BCUT2D eigenvalue weighted by Crippen LogP contribution is -2.46. The number of rotatable bonds is 9. The molecule has 10 aromatic rings. The highest BCUT2D eigenvalue weighted by Crippen LogP contribution is 2.56. The summed E-state index contributed by atoms with van der Waals surface area (Å²) >= 11 is 0. The van der Waals surface area contributed by atoms with Crippen molar-refractivity contribution in [1.82, 2.24) is 50.0 Å². The summed E-state index contributed by atoms with van der Waals surface area (Å²) in [7, 11) is 0. The molecule has 0 aliphatic heterocycles. The van der Waals surface area contributed by atoms with Crippen molar-refractivity contribution < 1.29 is 67.9 Å². The Morgan fingerprint density at radius 1 is 0.521 bits per heavy atom. The molecular formula is C81H112N12O3. The Morgan fingerprint density at radius 3 is 1.36 bits per heavy atom. The van der Waals surface area contributed by atoms with E-state index in [1.165, 1.54) is 39.1 Å². The maximum Gasteiger partial charge on any atom is 0.226 e. The van der Waals surface area contributed by atoms with Gasteiger partial charge in [0.05, 0.1) is 59.3 Å². The predicted octanol–water partition coefficient (Wildman–Crippen LogP) is 20.4. The molecule has 15 heteroatoms. The molecule has 7 heterocycles. The van der Waals surface area contributed by atoms with E-state index in [0.717, 1.165) is 127 Å². The summed E-state index contributed by atoms with van der Waals surface area (Å²) < 4.78 is 186. The first kappa shape index (κ1) is 45.0. The number of aromatic nitrogens is 10. The van der Waals surface area contributed by atoms with Crippen LogP contribution in [0.4, 0.5) is 0 Å². The molecule has 6 aliphatic rings. The van der Waals surface area contributed by atoms with Gasteiger partial charge in [-0.1, -0.05) is 144 Å². The Kier molecular flexibility index (Phi) is 12.2. The van der Waals surface area contributed by atoms with Gasteiger partial charge in [0.15, 0.2) is 23.3 Å². The van der Waals surface area contributed by atoms with Crippen LogP contribution in [-0.4, -0.2) is 60.9 Å². The summed E-state index contributed by atoms with van der Waals surface area (Å²) in [5, 5.41) is 14.8. The number of pyridine rings is 3. The van der Waals surface area contributed by atoms with E-state index in [2.05, 4.69) is 124 Å². The van der Waals surface area contributed by atoms with Crippen LogP contribution in [0.2, 0.25) is 0 Å². The Balaban J connectivity index is -0.000000520. The molecule has 0 unspecified atom stereocenters. The SMILES string of the molecule is C[C@H]1c2oncc2C[C@@]2(C)c3nc(-c4ccncc4)nc(Cc4ccccc4)c3CC[C@H]12.[3H][3H].[3H][3H].[3H][3H].[3H][3H].[3H][3H].[3H][3H].[3H][3H].[3H][3H].[3H][3H].[3H][3H].[3H][3H].[3H][3H].[3H][3H].[3H][3H].[3H][3H].[3H][3H].[3H][3H].[3H][3H].[C-]#[N+]C1=C(O)[C@H](C)[C@H]2CCc3c(Cc4ccccc4)nc(-c4ccncc4)nc3[C@]2(C)C1.[C-]#[N+]C1=C[C@@]2(C)c3nc(-c4ccncc4)nc(Cc4ccccc4)c3CC[C@@H]2[C@@H](C)C1=O. The molecular weight excluding hydrogens is 1190 g/mol. The second-order valence-corrected chi connectivity index (χ2v) is 27.6. The molecule has 6 aliphatic carbocycles.